The first-order chi connectivity index (χ1) is 6.13. The van der Waals surface area contributed by atoms with Crippen molar-refractivity contribution in [3.63, 3.8) is 0 Å². The molecule has 0 aromatic heterocycles. The molecule has 0 heterocycles. The van der Waals surface area contributed by atoms with Gasteiger partial charge in [0.2, 0.25) is 0 Å². The molecule has 5 heteroatoms. The van der Waals surface area contributed by atoms with Gasteiger partial charge in [0.1, 0.15) is 0 Å². The van der Waals surface area contributed by atoms with Crippen molar-refractivity contribution in [1.29, 1.82) is 0 Å². The minimum Gasteiger partial charge on any atom is -0.309 e. The third-order valence-corrected chi connectivity index (χ3v) is 5.54. The Balaban J connectivity index is 2.92. The van der Waals surface area contributed by atoms with E-state index in [1.54, 1.807) is 0 Å². The van der Waals surface area contributed by atoms with Gasteiger partial charge in [0.25, 0.3) is 0 Å². The number of hydrogen-bond acceptors (Lipinski definition) is 5. The van der Waals surface area contributed by atoms with Crippen LogP contribution < -0.4 is 0 Å². The molecule has 0 fully saturated rings. The minimum absolute atomic E-state index is 1.17. The first-order valence-corrected chi connectivity index (χ1v) is 8.15. The molecular formula is C8H20N2S3. The van der Waals surface area contributed by atoms with Crippen molar-refractivity contribution in [1.82, 2.24) is 9.80 Å². The van der Waals surface area contributed by atoms with Gasteiger partial charge in [-0.25, -0.2) is 0 Å². The zero-order valence-electron chi connectivity index (χ0n) is 8.95. The summed E-state index contributed by atoms with van der Waals surface area (Å²) in [6.07, 6.45) is 0. The Hall–Kier alpha value is 0.970. The maximum Gasteiger partial charge on any atom is 0.0173 e. The van der Waals surface area contributed by atoms with E-state index in [0.29, 0.717) is 0 Å². The summed E-state index contributed by atoms with van der Waals surface area (Å²) in [5.41, 5.74) is 0. The zero-order valence-corrected chi connectivity index (χ0v) is 11.4. The molecule has 0 unspecified atom stereocenters. The Morgan fingerprint density at radius 3 is 1.46 bits per heavy atom. The molecule has 0 aromatic rings. The highest BCUT2D eigenvalue weighted by Crippen LogP contribution is 2.33. The number of nitrogens with zero attached hydrogens (tertiary/aromatic N) is 2. The van der Waals surface area contributed by atoms with Crippen LogP contribution >= 0.6 is 31.4 Å². The first kappa shape index (κ1) is 14.0. The monoisotopic (exact) mass is 240 g/mol. The predicted octanol–water partition coefficient (Wildman–Crippen LogP) is 2.14. The molecule has 2 nitrogen and oxygen atoms in total. The molecule has 0 saturated carbocycles. The molecule has 13 heavy (non-hydrogen) atoms. The highest BCUT2D eigenvalue weighted by atomic mass is 33.5. The smallest absolute Gasteiger partial charge is 0.0173 e. The lowest BCUT2D eigenvalue weighted by atomic mass is 10.7. The molecule has 0 bridgehead atoms. The fourth-order valence-electron chi connectivity index (χ4n) is 0.542. The molecule has 0 amide bonds. The van der Waals surface area contributed by atoms with Crippen molar-refractivity contribution in [2.75, 3.05) is 52.8 Å². The summed E-state index contributed by atoms with van der Waals surface area (Å²) in [4.78, 5) is 4.44. The van der Waals surface area contributed by atoms with Crippen LogP contribution in [0.4, 0.5) is 0 Å². The molecule has 0 aliphatic carbocycles. The molecule has 0 atom stereocenters. The van der Waals surface area contributed by atoms with E-state index in [2.05, 4.69) is 38.0 Å². The fraction of sp³-hybridized carbons (Fsp3) is 1.00. The maximum absolute atomic E-state index is 2.22. The molecule has 80 valence electrons. The van der Waals surface area contributed by atoms with Gasteiger partial charge in [0.05, 0.1) is 0 Å². The fourth-order valence-corrected chi connectivity index (χ4v) is 4.52. The van der Waals surface area contributed by atoms with Crippen LogP contribution in [0.15, 0.2) is 0 Å². The van der Waals surface area contributed by atoms with Crippen LogP contribution in [0.1, 0.15) is 0 Å². The summed E-state index contributed by atoms with van der Waals surface area (Å²) in [6, 6.07) is 0. The van der Waals surface area contributed by atoms with Crippen LogP contribution in [0, 0.1) is 0 Å². The third-order valence-electron chi connectivity index (χ3n) is 1.34. The molecule has 0 rings (SSSR count). The Morgan fingerprint density at radius 1 is 0.769 bits per heavy atom. The van der Waals surface area contributed by atoms with Gasteiger partial charge in [0, 0.05) is 24.6 Å². The molecule has 0 aliphatic heterocycles. The zero-order chi connectivity index (χ0) is 10.1. The van der Waals surface area contributed by atoms with Gasteiger partial charge in [0.15, 0.2) is 0 Å². The van der Waals surface area contributed by atoms with Gasteiger partial charge in [-0.15, -0.1) is 0 Å². The lowest BCUT2D eigenvalue weighted by Gasteiger charge is -2.09. The molecular weight excluding hydrogens is 220 g/mol. The van der Waals surface area contributed by atoms with E-state index in [4.69, 9.17) is 0 Å². The van der Waals surface area contributed by atoms with Crippen LogP contribution in [0.25, 0.3) is 0 Å². The second-order valence-electron chi connectivity index (χ2n) is 3.32. The highest BCUT2D eigenvalue weighted by molar-refractivity contribution is 9.09. The van der Waals surface area contributed by atoms with Gasteiger partial charge in [-0.3, -0.25) is 0 Å². The lowest BCUT2D eigenvalue weighted by Crippen LogP contribution is -2.14. The van der Waals surface area contributed by atoms with Gasteiger partial charge in [-0.2, -0.15) is 0 Å². The van der Waals surface area contributed by atoms with Crippen LogP contribution in [0.2, 0.25) is 0 Å². The third kappa shape index (κ3) is 13.0. The molecule has 0 spiro atoms. The maximum atomic E-state index is 2.22. The van der Waals surface area contributed by atoms with Crippen molar-refractivity contribution in [3.8, 4) is 0 Å². The van der Waals surface area contributed by atoms with Gasteiger partial charge in [-0.1, -0.05) is 21.6 Å². The average Bonchev–Trinajstić information content (AvgIpc) is 2.01. The van der Waals surface area contributed by atoms with Crippen molar-refractivity contribution in [2.24, 2.45) is 0 Å². The molecule has 0 aromatic carbocycles. The van der Waals surface area contributed by atoms with Gasteiger partial charge in [-0.05, 0) is 38.0 Å². The van der Waals surface area contributed by atoms with E-state index >= 15 is 0 Å². The Morgan fingerprint density at radius 2 is 1.15 bits per heavy atom. The van der Waals surface area contributed by atoms with Crippen molar-refractivity contribution in [3.05, 3.63) is 0 Å². The van der Waals surface area contributed by atoms with Crippen LogP contribution in [-0.4, -0.2) is 62.6 Å². The molecule has 0 radical (unpaired) electrons. The summed E-state index contributed by atoms with van der Waals surface area (Å²) < 4.78 is 0. The van der Waals surface area contributed by atoms with Crippen LogP contribution in [0.5, 0.6) is 0 Å². The quantitative estimate of drug-likeness (QED) is 0.472. The molecule has 0 aliphatic rings. The second-order valence-corrected chi connectivity index (χ2v) is 7.79. The average molecular weight is 240 g/mol. The van der Waals surface area contributed by atoms with E-state index in [0.717, 1.165) is 0 Å². The number of rotatable bonds is 8. The summed E-state index contributed by atoms with van der Waals surface area (Å²) in [5, 5.41) is 0. The Labute approximate surface area is 94.0 Å². The molecule has 0 saturated heterocycles. The summed E-state index contributed by atoms with van der Waals surface area (Å²) in [6.45, 7) is 2.35. The van der Waals surface area contributed by atoms with E-state index < -0.39 is 0 Å². The van der Waals surface area contributed by atoms with Gasteiger partial charge < -0.3 is 9.80 Å². The SMILES string of the molecule is CN(C)CCSSSCCN(C)C. The Bertz CT molecular complexity index is 97.6. The second kappa shape index (κ2) is 9.52. The minimum atomic E-state index is 1.17. The topological polar surface area (TPSA) is 6.48 Å². The largest absolute Gasteiger partial charge is 0.309 e. The van der Waals surface area contributed by atoms with E-state index in [-0.39, 0.29) is 0 Å². The number of hydrogen-bond donors (Lipinski definition) is 0. The predicted molar refractivity (Wildman–Crippen MR) is 69.6 cm³/mol. The molecule has 0 N–H and O–H groups in total. The lowest BCUT2D eigenvalue weighted by molar-refractivity contribution is 0.438. The van der Waals surface area contributed by atoms with Crippen molar-refractivity contribution in [2.45, 2.75) is 0 Å². The first-order valence-electron chi connectivity index (χ1n) is 4.33. The van der Waals surface area contributed by atoms with E-state index in [1.807, 2.05) is 31.4 Å². The van der Waals surface area contributed by atoms with Crippen molar-refractivity contribution >= 4 is 31.4 Å². The normalized spacial score (nSPS) is 11.5. The summed E-state index contributed by atoms with van der Waals surface area (Å²) >= 11 is 0. The van der Waals surface area contributed by atoms with Gasteiger partial charge >= 0.3 is 0 Å². The van der Waals surface area contributed by atoms with Crippen LogP contribution in [0.3, 0.4) is 0 Å². The standard InChI is InChI=1S/C8H20N2S3/c1-9(2)5-7-11-13-12-8-6-10(3)4/h5-8H2,1-4H3. The van der Waals surface area contributed by atoms with E-state index in [1.165, 1.54) is 24.6 Å². The Kier molecular flexibility index (Phi) is 10.2. The van der Waals surface area contributed by atoms with Crippen molar-refractivity contribution < 1.29 is 0 Å². The van der Waals surface area contributed by atoms with E-state index in [9.17, 15) is 0 Å². The summed E-state index contributed by atoms with van der Waals surface area (Å²) in [5.74, 6) is 2.43. The highest BCUT2D eigenvalue weighted by Gasteiger charge is 1.94. The van der Waals surface area contributed by atoms with Crippen LogP contribution in [-0.2, 0) is 0 Å². The summed E-state index contributed by atoms with van der Waals surface area (Å²) in [7, 11) is 14.3.